The summed E-state index contributed by atoms with van der Waals surface area (Å²) in [6, 6.07) is 10.3. The quantitative estimate of drug-likeness (QED) is 0.728. The van der Waals surface area contributed by atoms with Crippen LogP contribution in [0.5, 0.6) is 0 Å². The molecule has 2 rings (SSSR count). The van der Waals surface area contributed by atoms with Gasteiger partial charge in [0.2, 0.25) is 12.7 Å². The van der Waals surface area contributed by atoms with Gasteiger partial charge in [0, 0.05) is 13.6 Å². The molecule has 0 atom stereocenters. The maximum absolute atomic E-state index is 5.25. The predicted molar refractivity (Wildman–Crippen MR) is 53.0 cm³/mol. The molecule has 0 saturated carbocycles. The van der Waals surface area contributed by atoms with E-state index in [2.05, 4.69) is 12.1 Å². The van der Waals surface area contributed by atoms with E-state index in [0.717, 1.165) is 12.4 Å². The summed E-state index contributed by atoms with van der Waals surface area (Å²) in [6.45, 7) is 1.16. The average molecular weight is 191 g/mol. The Morgan fingerprint density at radius 1 is 1.29 bits per heavy atom. The van der Waals surface area contributed by atoms with E-state index in [-0.39, 0.29) is 0 Å². The molecule has 1 aromatic carbocycles. The lowest BCUT2D eigenvalue weighted by Gasteiger charge is -2.17. The fraction of sp³-hybridized carbons (Fsp3) is 0.273. The van der Waals surface area contributed by atoms with E-state index in [1.807, 2.05) is 30.1 Å². The van der Waals surface area contributed by atoms with Crippen LogP contribution in [-0.2, 0) is 16.0 Å². The molecule has 0 fully saturated rings. The lowest BCUT2D eigenvalue weighted by atomic mass is 10.2. The van der Waals surface area contributed by atoms with Gasteiger partial charge in [-0.3, -0.25) is 0 Å². The van der Waals surface area contributed by atoms with E-state index in [0.29, 0.717) is 6.79 Å². The van der Waals surface area contributed by atoms with E-state index >= 15 is 0 Å². The molecular formula is C11H13NO2. The highest BCUT2D eigenvalue weighted by molar-refractivity contribution is 5.15. The summed E-state index contributed by atoms with van der Waals surface area (Å²) in [4.78, 5) is 2.02. The zero-order valence-electron chi connectivity index (χ0n) is 8.14. The monoisotopic (exact) mass is 191 g/mol. The second-order valence-electron chi connectivity index (χ2n) is 3.23. The number of hydrogen-bond acceptors (Lipinski definition) is 3. The number of rotatable bonds is 3. The SMILES string of the molecule is CN(Cc1ccccc1)C1=COCO1. The minimum Gasteiger partial charge on any atom is -0.459 e. The molecule has 1 aliphatic rings. The van der Waals surface area contributed by atoms with Gasteiger partial charge >= 0.3 is 0 Å². The third kappa shape index (κ3) is 1.99. The molecule has 0 aromatic heterocycles. The van der Waals surface area contributed by atoms with Gasteiger partial charge in [-0.15, -0.1) is 0 Å². The first-order valence-corrected chi connectivity index (χ1v) is 4.56. The van der Waals surface area contributed by atoms with Gasteiger partial charge in [0.1, 0.15) is 6.26 Å². The molecule has 74 valence electrons. The van der Waals surface area contributed by atoms with Crippen LogP contribution in [0.1, 0.15) is 5.56 Å². The van der Waals surface area contributed by atoms with Crippen LogP contribution in [0.25, 0.3) is 0 Å². The largest absolute Gasteiger partial charge is 0.459 e. The second kappa shape index (κ2) is 4.05. The van der Waals surface area contributed by atoms with Crippen molar-refractivity contribution in [2.45, 2.75) is 6.54 Å². The van der Waals surface area contributed by atoms with Crippen LogP contribution in [0.15, 0.2) is 42.5 Å². The molecule has 0 spiro atoms. The van der Waals surface area contributed by atoms with Crippen molar-refractivity contribution < 1.29 is 9.47 Å². The smallest absolute Gasteiger partial charge is 0.232 e. The lowest BCUT2D eigenvalue weighted by molar-refractivity contribution is 0.0524. The maximum Gasteiger partial charge on any atom is 0.232 e. The maximum atomic E-state index is 5.25. The minimum absolute atomic E-state index is 0.328. The molecule has 0 unspecified atom stereocenters. The molecular weight excluding hydrogens is 178 g/mol. The second-order valence-corrected chi connectivity index (χ2v) is 3.23. The summed E-state index contributed by atoms with van der Waals surface area (Å²) in [7, 11) is 1.98. The minimum atomic E-state index is 0.328. The van der Waals surface area contributed by atoms with E-state index in [1.54, 1.807) is 6.26 Å². The van der Waals surface area contributed by atoms with E-state index in [1.165, 1.54) is 5.56 Å². The molecule has 14 heavy (non-hydrogen) atoms. The van der Waals surface area contributed by atoms with Gasteiger partial charge in [0.25, 0.3) is 0 Å². The summed E-state index contributed by atoms with van der Waals surface area (Å²) < 4.78 is 10.2. The van der Waals surface area contributed by atoms with Crippen molar-refractivity contribution in [1.29, 1.82) is 0 Å². The summed E-state index contributed by atoms with van der Waals surface area (Å²) in [6.07, 6.45) is 1.64. The van der Waals surface area contributed by atoms with E-state index < -0.39 is 0 Å². The number of benzene rings is 1. The molecule has 0 radical (unpaired) electrons. The zero-order valence-corrected chi connectivity index (χ0v) is 8.14. The third-order valence-corrected chi connectivity index (χ3v) is 2.10. The van der Waals surface area contributed by atoms with Crippen LogP contribution in [0, 0.1) is 0 Å². The highest BCUT2D eigenvalue weighted by atomic mass is 16.7. The van der Waals surface area contributed by atoms with Crippen LogP contribution >= 0.6 is 0 Å². The van der Waals surface area contributed by atoms with Crippen molar-refractivity contribution in [3.63, 3.8) is 0 Å². The molecule has 0 N–H and O–H groups in total. The first-order chi connectivity index (χ1) is 6.86. The van der Waals surface area contributed by atoms with Crippen LogP contribution in [-0.4, -0.2) is 18.7 Å². The topological polar surface area (TPSA) is 21.7 Å². The van der Waals surface area contributed by atoms with Gasteiger partial charge in [0.15, 0.2) is 0 Å². The first kappa shape index (κ1) is 8.94. The highest BCUT2D eigenvalue weighted by Gasteiger charge is 2.11. The van der Waals surface area contributed by atoms with Gasteiger partial charge in [-0.25, -0.2) is 0 Å². The Balaban J connectivity index is 1.97. The van der Waals surface area contributed by atoms with Crippen molar-refractivity contribution in [3.05, 3.63) is 48.0 Å². The van der Waals surface area contributed by atoms with Crippen molar-refractivity contribution in [3.8, 4) is 0 Å². The van der Waals surface area contributed by atoms with Crippen LogP contribution in [0.3, 0.4) is 0 Å². The van der Waals surface area contributed by atoms with Gasteiger partial charge in [-0.2, -0.15) is 0 Å². The Morgan fingerprint density at radius 2 is 2.07 bits per heavy atom. The third-order valence-electron chi connectivity index (χ3n) is 2.10. The summed E-state index contributed by atoms with van der Waals surface area (Å²) in [5.41, 5.74) is 1.26. The molecule has 1 aliphatic heterocycles. The van der Waals surface area contributed by atoms with Crippen LogP contribution in [0.2, 0.25) is 0 Å². The fourth-order valence-corrected chi connectivity index (χ4v) is 1.37. The number of hydrogen-bond donors (Lipinski definition) is 0. The fourth-order valence-electron chi connectivity index (χ4n) is 1.37. The number of ether oxygens (including phenoxy) is 2. The van der Waals surface area contributed by atoms with Crippen molar-refractivity contribution in [1.82, 2.24) is 4.90 Å². The molecule has 1 heterocycles. The summed E-state index contributed by atoms with van der Waals surface area (Å²) in [5, 5.41) is 0. The highest BCUT2D eigenvalue weighted by Crippen LogP contribution is 2.13. The molecule has 0 bridgehead atoms. The molecule has 0 amide bonds. The summed E-state index contributed by atoms with van der Waals surface area (Å²) >= 11 is 0. The van der Waals surface area contributed by atoms with Crippen molar-refractivity contribution >= 4 is 0 Å². The Hall–Kier alpha value is -1.64. The average Bonchev–Trinajstić information content (AvgIpc) is 2.72. The Kier molecular flexibility index (Phi) is 2.58. The Labute approximate surface area is 83.5 Å². The summed E-state index contributed by atoms with van der Waals surface area (Å²) in [5.74, 6) is 0.786. The molecule has 0 saturated heterocycles. The predicted octanol–water partition coefficient (Wildman–Crippen LogP) is 1.92. The standard InChI is InChI=1S/C11H13NO2/c1-12(11-8-13-9-14-11)7-10-5-3-2-4-6-10/h2-6,8H,7,9H2,1H3. The van der Waals surface area contributed by atoms with Crippen LogP contribution in [0.4, 0.5) is 0 Å². The zero-order chi connectivity index (χ0) is 9.80. The van der Waals surface area contributed by atoms with E-state index in [9.17, 15) is 0 Å². The Morgan fingerprint density at radius 3 is 2.71 bits per heavy atom. The molecule has 3 heteroatoms. The molecule has 3 nitrogen and oxygen atoms in total. The van der Waals surface area contributed by atoms with Gasteiger partial charge in [-0.1, -0.05) is 30.3 Å². The number of nitrogens with zero attached hydrogens (tertiary/aromatic N) is 1. The normalized spacial score (nSPS) is 14.2. The van der Waals surface area contributed by atoms with Gasteiger partial charge in [0.05, 0.1) is 0 Å². The Bertz CT molecular complexity index is 321. The van der Waals surface area contributed by atoms with Crippen molar-refractivity contribution in [2.75, 3.05) is 13.8 Å². The van der Waals surface area contributed by atoms with Gasteiger partial charge < -0.3 is 14.4 Å². The van der Waals surface area contributed by atoms with Gasteiger partial charge in [-0.05, 0) is 5.56 Å². The molecule has 1 aromatic rings. The van der Waals surface area contributed by atoms with Crippen LogP contribution < -0.4 is 0 Å². The molecule has 0 aliphatic carbocycles. The first-order valence-electron chi connectivity index (χ1n) is 4.56. The van der Waals surface area contributed by atoms with E-state index in [4.69, 9.17) is 9.47 Å². The van der Waals surface area contributed by atoms with Crippen molar-refractivity contribution in [2.24, 2.45) is 0 Å². The lowest BCUT2D eigenvalue weighted by Crippen LogP contribution is -2.17.